The third kappa shape index (κ3) is 3.41. The Morgan fingerprint density at radius 1 is 1.03 bits per heavy atom. The molecule has 1 N–H and O–H groups in total. The number of piperidine rings is 1. The molecule has 1 aliphatic rings. The minimum absolute atomic E-state index is 0.385. The fourth-order valence-corrected chi connectivity index (χ4v) is 6.59. The summed E-state index contributed by atoms with van der Waals surface area (Å²) in [7, 11) is 0. The Hall–Kier alpha value is -3.19. The van der Waals surface area contributed by atoms with Crippen LogP contribution in [0.25, 0.3) is 37.6 Å². The number of H-pyrrole nitrogens is 1. The van der Waals surface area contributed by atoms with Crippen LogP contribution in [-0.2, 0) is 0 Å². The van der Waals surface area contributed by atoms with Crippen LogP contribution in [0.5, 0.6) is 0 Å². The molecule has 0 amide bonds. The molecule has 0 spiro atoms. The van der Waals surface area contributed by atoms with Gasteiger partial charge in [0.05, 0.1) is 5.69 Å². The number of rotatable bonds is 4. The first-order chi connectivity index (χ1) is 16.5. The van der Waals surface area contributed by atoms with E-state index in [1.165, 1.54) is 56.7 Å². The minimum atomic E-state index is 0.385. The van der Waals surface area contributed by atoms with Gasteiger partial charge in [-0.2, -0.15) is 5.10 Å². The van der Waals surface area contributed by atoms with E-state index < -0.39 is 0 Å². The van der Waals surface area contributed by atoms with Crippen molar-refractivity contribution in [2.24, 2.45) is 0 Å². The highest BCUT2D eigenvalue weighted by molar-refractivity contribution is 7.22. The van der Waals surface area contributed by atoms with E-state index in [2.05, 4.69) is 78.3 Å². The summed E-state index contributed by atoms with van der Waals surface area (Å²) < 4.78 is 1.87. The van der Waals surface area contributed by atoms with Crippen molar-refractivity contribution in [3.05, 3.63) is 53.6 Å². The Labute approximate surface area is 203 Å². The maximum Gasteiger partial charge on any atom is 0.158 e. The quantitative estimate of drug-likeness (QED) is 0.316. The third-order valence-corrected chi connectivity index (χ3v) is 8.30. The van der Waals surface area contributed by atoms with E-state index in [1.807, 2.05) is 15.9 Å². The lowest BCUT2D eigenvalue weighted by atomic mass is 9.95. The largest absolute Gasteiger partial charge is 0.357 e. The molecule has 1 fully saturated rings. The molecule has 6 heterocycles. The molecule has 0 radical (unpaired) electrons. The second-order valence-corrected chi connectivity index (χ2v) is 10.7. The number of hydrogen-bond acceptors (Lipinski definition) is 5. The molecular weight excluding hydrogens is 440 g/mol. The topological polar surface area (TPSA) is 62.1 Å². The lowest BCUT2D eigenvalue weighted by Gasteiger charge is -2.27. The second kappa shape index (κ2) is 8.24. The lowest BCUT2D eigenvalue weighted by molar-refractivity contribution is 0.573. The molecule has 6 nitrogen and oxygen atoms in total. The van der Waals surface area contributed by atoms with Crippen molar-refractivity contribution in [3.63, 3.8) is 0 Å². The second-order valence-electron chi connectivity index (χ2n) is 9.72. The van der Waals surface area contributed by atoms with E-state index in [0.717, 1.165) is 35.7 Å². The predicted molar refractivity (Wildman–Crippen MR) is 141 cm³/mol. The molecule has 0 bridgehead atoms. The van der Waals surface area contributed by atoms with E-state index in [1.54, 1.807) is 6.33 Å². The Morgan fingerprint density at radius 3 is 2.59 bits per heavy atom. The molecule has 0 saturated carbocycles. The molecule has 0 unspecified atom stereocenters. The van der Waals surface area contributed by atoms with E-state index >= 15 is 0 Å². The summed E-state index contributed by atoms with van der Waals surface area (Å²) >= 11 is 1.83. The zero-order chi connectivity index (χ0) is 23.4. The van der Waals surface area contributed by atoms with Crippen LogP contribution < -0.4 is 4.90 Å². The van der Waals surface area contributed by atoms with Gasteiger partial charge in [-0.15, -0.1) is 11.3 Å². The number of anilines is 1. The highest BCUT2D eigenvalue weighted by Gasteiger charge is 2.23. The van der Waals surface area contributed by atoms with Crippen LogP contribution in [0.15, 0.2) is 36.9 Å². The normalized spacial score (nSPS) is 14.7. The maximum atomic E-state index is 4.84. The first kappa shape index (κ1) is 21.4. The first-order valence-electron chi connectivity index (χ1n) is 12.2. The van der Waals surface area contributed by atoms with E-state index in [9.17, 15) is 0 Å². The van der Waals surface area contributed by atoms with Gasteiger partial charge in [0.2, 0.25) is 0 Å². The molecule has 7 heteroatoms. The summed E-state index contributed by atoms with van der Waals surface area (Å²) in [5, 5.41) is 5.73. The zero-order valence-corrected chi connectivity index (χ0v) is 21.0. The minimum Gasteiger partial charge on any atom is -0.357 e. The number of thiophene rings is 1. The molecule has 34 heavy (non-hydrogen) atoms. The van der Waals surface area contributed by atoms with Crippen molar-refractivity contribution in [2.75, 3.05) is 18.0 Å². The highest BCUT2D eigenvalue weighted by Crippen LogP contribution is 2.45. The summed E-state index contributed by atoms with van der Waals surface area (Å²) in [5.41, 5.74) is 8.26. The summed E-state index contributed by atoms with van der Waals surface area (Å²) in [6.07, 6.45) is 9.62. The van der Waals surface area contributed by atoms with E-state index in [0.29, 0.717) is 5.92 Å². The average molecular weight is 471 g/mol. The SMILES string of the molecule is Cc1c(-c2ccc(N3CCCCC3)nc2)sc2[nH]c(-c3cc(C)c4ncnn4c3)c(C(C)C)c12. The smallest absolute Gasteiger partial charge is 0.158 e. The molecule has 0 atom stereocenters. The Balaban J connectivity index is 1.43. The number of hydrogen-bond donors (Lipinski definition) is 1. The monoisotopic (exact) mass is 470 g/mol. The molecule has 1 saturated heterocycles. The Kier molecular flexibility index (Phi) is 5.17. The van der Waals surface area contributed by atoms with Crippen molar-refractivity contribution in [2.45, 2.75) is 52.9 Å². The van der Waals surface area contributed by atoms with E-state index in [-0.39, 0.29) is 0 Å². The van der Waals surface area contributed by atoms with Crippen molar-refractivity contribution in [1.29, 1.82) is 0 Å². The molecule has 6 rings (SSSR count). The average Bonchev–Trinajstić information content (AvgIpc) is 3.55. The van der Waals surface area contributed by atoms with Gasteiger partial charge < -0.3 is 9.88 Å². The number of aromatic amines is 1. The van der Waals surface area contributed by atoms with Gasteiger partial charge in [0.1, 0.15) is 17.0 Å². The summed E-state index contributed by atoms with van der Waals surface area (Å²) in [6, 6.07) is 6.65. The van der Waals surface area contributed by atoms with Crippen LogP contribution in [0.1, 0.15) is 55.7 Å². The predicted octanol–water partition coefficient (Wildman–Crippen LogP) is 6.73. The van der Waals surface area contributed by atoms with Crippen LogP contribution in [0.2, 0.25) is 0 Å². The van der Waals surface area contributed by atoms with Gasteiger partial charge >= 0.3 is 0 Å². The zero-order valence-electron chi connectivity index (χ0n) is 20.2. The Bertz CT molecular complexity index is 1480. The fourth-order valence-electron chi connectivity index (χ4n) is 5.37. The van der Waals surface area contributed by atoms with Crippen molar-refractivity contribution < 1.29 is 0 Å². The van der Waals surface area contributed by atoms with E-state index in [4.69, 9.17) is 4.98 Å². The van der Waals surface area contributed by atoms with Crippen LogP contribution in [0, 0.1) is 13.8 Å². The fraction of sp³-hybridized carbons (Fsp3) is 0.370. The van der Waals surface area contributed by atoms with Crippen LogP contribution in [-0.4, -0.2) is 37.7 Å². The highest BCUT2D eigenvalue weighted by atomic mass is 32.1. The van der Waals surface area contributed by atoms with Crippen molar-refractivity contribution >= 4 is 33.0 Å². The molecule has 0 aromatic carbocycles. The lowest BCUT2D eigenvalue weighted by Crippen LogP contribution is -2.29. The summed E-state index contributed by atoms with van der Waals surface area (Å²) in [6.45, 7) is 11.1. The van der Waals surface area contributed by atoms with Crippen molar-refractivity contribution in [1.82, 2.24) is 24.6 Å². The van der Waals surface area contributed by atoms with Crippen molar-refractivity contribution in [3.8, 4) is 21.7 Å². The molecule has 0 aliphatic carbocycles. The number of fused-ring (bicyclic) bond motifs is 2. The molecular formula is C27H30N6S. The van der Waals surface area contributed by atoms with Gasteiger partial charge in [-0.3, -0.25) is 0 Å². The molecule has 174 valence electrons. The number of pyridine rings is 2. The number of aryl methyl sites for hydroxylation is 2. The van der Waals surface area contributed by atoms with Crippen LogP contribution >= 0.6 is 11.3 Å². The summed E-state index contributed by atoms with van der Waals surface area (Å²) in [5.74, 6) is 1.49. The first-order valence-corrected chi connectivity index (χ1v) is 13.0. The molecule has 5 aromatic heterocycles. The maximum absolute atomic E-state index is 4.84. The molecule has 5 aromatic rings. The summed E-state index contributed by atoms with van der Waals surface area (Å²) in [4.78, 5) is 17.9. The van der Waals surface area contributed by atoms with Gasteiger partial charge in [0.25, 0.3) is 0 Å². The van der Waals surface area contributed by atoms with Crippen LogP contribution in [0.4, 0.5) is 5.82 Å². The van der Waals surface area contributed by atoms with Gasteiger partial charge in [-0.05, 0) is 73.9 Å². The number of nitrogens with zero attached hydrogens (tertiary/aromatic N) is 5. The Morgan fingerprint density at radius 2 is 1.85 bits per heavy atom. The third-order valence-electron chi connectivity index (χ3n) is 7.04. The van der Waals surface area contributed by atoms with Gasteiger partial charge in [-0.1, -0.05) is 13.8 Å². The molecule has 1 aliphatic heterocycles. The standard InChI is InChI=1S/C27H30N6S/c1-16(2)22-23-18(4)25(19-8-9-21(28-13-19)32-10-6-5-7-11-32)34-27(23)31-24(22)20-12-17(3)26-29-15-30-33(26)14-20/h8-9,12-16,31H,5-7,10-11H2,1-4H3. The van der Waals surface area contributed by atoms with Gasteiger partial charge in [-0.25, -0.2) is 14.5 Å². The van der Waals surface area contributed by atoms with Gasteiger partial charge in [0, 0.05) is 46.9 Å². The number of aromatic nitrogens is 5. The number of nitrogens with one attached hydrogen (secondary N) is 1. The van der Waals surface area contributed by atoms with Crippen LogP contribution in [0.3, 0.4) is 0 Å². The van der Waals surface area contributed by atoms with Gasteiger partial charge in [0.15, 0.2) is 5.65 Å².